The van der Waals surface area contributed by atoms with Gasteiger partial charge in [-0.3, -0.25) is 0 Å². The second-order valence-electron chi connectivity index (χ2n) is 3.18. The van der Waals surface area contributed by atoms with Crippen molar-refractivity contribution in [2.24, 2.45) is 0 Å². The number of benzene rings is 1. The Labute approximate surface area is 74.9 Å². The van der Waals surface area contributed by atoms with Gasteiger partial charge in [-0.1, -0.05) is 24.3 Å². The maximum absolute atomic E-state index is 3.68. The van der Waals surface area contributed by atoms with Gasteiger partial charge >= 0.3 is 0 Å². The molecule has 0 amide bonds. The molecule has 0 fully saturated rings. The molecule has 1 aromatic rings. The molecule has 0 saturated heterocycles. The topological polar surface area (TPSA) is 0 Å². The molecule has 0 bridgehead atoms. The molecule has 0 atom stereocenters. The molecule has 0 aliphatic rings. The van der Waals surface area contributed by atoms with Crippen LogP contribution < -0.4 is 0 Å². The lowest BCUT2D eigenvalue weighted by Crippen LogP contribution is -1.87. The summed E-state index contributed by atoms with van der Waals surface area (Å²) in [5.74, 6) is 0. The van der Waals surface area contributed by atoms with Gasteiger partial charge in [-0.2, -0.15) is 0 Å². The van der Waals surface area contributed by atoms with Crippen molar-refractivity contribution in [1.82, 2.24) is 0 Å². The Morgan fingerprint density at radius 2 is 1.58 bits per heavy atom. The molecule has 0 nitrogen and oxygen atoms in total. The lowest BCUT2D eigenvalue weighted by atomic mass is 10.0. The molecule has 0 aliphatic heterocycles. The number of hydrogen-bond acceptors (Lipinski definition) is 0. The van der Waals surface area contributed by atoms with Gasteiger partial charge in [0.05, 0.1) is 0 Å². The molecule has 0 spiro atoms. The van der Waals surface area contributed by atoms with Crippen molar-refractivity contribution < 1.29 is 0 Å². The smallest absolute Gasteiger partial charge is 0.0254 e. The van der Waals surface area contributed by atoms with Crippen LogP contribution in [0.3, 0.4) is 0 Å². The van der Waals surface area contributed by atoms with Gasteiger partial charge in [-0.25, -0.2) is 0 Å². The van der Waals surface area contributed by atoms with E-state index in [-0.39, 0.29) is 0 Å². The first-order valence-electron chi connectivity index (χ1n) is 4.18. The van der Waals surface area contributed by atoms with Crippen LogP contribution >= 0.6 is 0 Å². The zero-order valence-corrected chi connectivity index (χ0v) is 8.02. The molecule has 12 heavy (non-hydrogen) atoms. The van der Waals surface area contributed by atoms with Crippen molar-refractivity contribution in [3.05, 3.63) is 47.4 Å². The van der Waals surface area contributed by atoms with E-state index in [1.165, 1.54) is 22.3 Å². The fourth-order valence-corrected chi connectivity index (χ4v) is 1.30. The van der Waals surface area contributed by atoms with Crippen LogP contribution in [0.1, 0.15) is 22.3 Å². The molecule has 1 radical (unpaired) electrons. The molecule has 0 aromatic heterocycles. The molecule has 0 heterocycles. The zero-order chi connectivity index (χ0) is 9.14. The highest BCUT2D eigenvalue weighted by molar-refractivity contribution is 5.54. The summed E-state index contributed by atoms with van der Waals surface area (Å²) in [6.07, 6.45) is 3.85. The number of aryl methyl sites for hydroxylation is 2. The quantitative estimate of drug-likeness (QED) is 0.588. The average molecular weight is 159 g/mol. The molecule has 1 rings (SSSR count). The van der Waals surface area contributed by atoms with Crippen molar-refractivity contribution in [3.8, 4) is 0 Å². The lowest BCUT2D eigenvalue weighted by Gasteiger charge is -2.05. The highest BCUT2D eigenvalue weighted by Crippen LogP contribution is 2.16. The minimum absolute atomic E-state index is 1.24. The average Bonchev–Trinajstić information content (AvgIpc) is 2.01. The first-order valence-corrected chi connectivity index (χ1v) is 4.18. The standard InChI is InChI=1S/C12H15/c1-5-6-12-7-9(2)11(4)10(3)8-12/h5-8H,1H2,2-4H3/b6-5+. The van der Waals surface area contributed by atoms with Gasteiger partial charge in [0, 0.05) is 0 Å². The molecule has 0 N–H and O–H groups in total. The summed E-state index contributed by atoms with van der Waals surface area (Å²) in [7, 11) is 0. The Bertz CT molecular complexity index is 283. The molecule has 0 aliphatic carbocycles. The van der Waals surface area contributed by atoms with Gasteiger partial charge in [0.2, 0.25) is 0 Å². The van der Waals surface area contributed by atoms with E-state index in [2.05, 4.69) is 39.8 Å². The van der Waals surface area contributed by atoms with Crippen molar-refractivity contribution in [3.63, 3.8) is 0 Å². The van der Waals surface area contributed by atoms with Crippen molar-refractivity contribution >= 4 is 6.08 Å². The monoisotopic (exact) mass is 159 g/mol. The van der Waals surface area contributed by atoms with Crippen LogP contribution in [0.4, 0.5) is 0 Å². The van der Waals surface area contributed by atoms with Crippen LogP contribution in [0.15, 0.2) is 18.2 Å². The number of rotatable bonds is 1. The summed E-state index contributed by atoms with van der Waals surface area (Å²) < 4.78 is 0. The molecule has 1 aromatic carbocycles. The van der Waals surface area contributed by atoms with E-state index in [0.717, 1.165) is 0 Å². The largest absolute Gasteiger partial charge is 0.0836 e. The summed E-state index contributed by atoms with van der Waals surface area (Å²) in [5.41, 5.74) is 5.33. The third kappa shape index (κ3) is 1.76. The predicted octanol–water partition coefficient (Wildman–Crippen LogP) is 3.46. The normalized spacial score (nSPS) is 11.0. The maximum Gasteiger partial charge on any atom is -0.0254 e. The minimum Gasteiger partial charge on any atom is -0.0836 e. The molecule has 0 unspecified atom stereocenters. The van der Waals surface area contributed by atoms with Crippen LogP contribution in [0, 0.1) is 27.7 Å². The summed E-state index contributed by atoms with van der Waals surface area (Å²) in [6, 6.07) is 4.37. The van der Waals surface area contributed by atoms with E-state index in [9.17, 15) is 0 Å². The molecule has 0 saturated carbocycles. The van der Waals surface area contributed by atoms with E-state index >= 15 is 0 Å². The SMILES string of the molecule is [CH2]/C=C/c1cc(C)c(C)c(C)c1. The van der Waals surface area contributed by atoms with E-state index in [1.54, 1.807) is 0 Å². The van der Waals surface area contributed by atoms with E-state index in [1.807, 2.05) is 12.2 Å². The third-order valence-corrected chi connectivity index (χ3v) is 2.26. The van der Waals surface area contributed by atoms with Crippen molar-refractivity contribution in [2.75, 3.05) is 0 Å². The van der Waals surface area contributed by atoms with E-state index in [0.29, 0.717) is 0 Å². The second kappa shape index (κ2) is 3.57. The summed E-state index contributed by atoms with van der Waals surface area (Å²) in [4.78, 5) is 0. The maximum atomic E-state index is 3.68. The van der Waals surface area contributed by atoms with Gasteiger partial charge in [0.15, 0.2) is 0 Å². The van der Waals surface area contributed by atoms with E-state index in [4.69, 9.17) is 0 Å². The predicted molar refractivity (Wildman–Crippen MR) is 55.0 cm³/mol. The van der Waals surface area contributed by atoms with Crippen molar-refractivity contribution in [1.29, 1.82) is 0 Å². The minimum atomic E-state index is 1.24. The highest BCUT2D eigenvalue weighted by Gasteiger charge is 1.97. The lowest BCUT2D eigenvalue weighted by molar-refractivity contribution is 1.26. The van der Waals surface area contributed by atoms with E-state index < -0.39 is 0 Å². The van der Waals surface area contributed by atoms with Crippen LogP contribution in [-0.2, 0) is 0 Å². The number of hydrogen-bond donors (Lipinski definition) is 0. The van der Waals surface area contributed by atoms with Gasteiger partial charge in [-0.05, 0) is 49.9 Å². The third-order valence-electron chi connectivity index (χ3n) is 2.26. The second-order valence-corrected chi connectivity index (χ2v) is 3.18. The van der Waals surface area contributed by atoms with Crippen LogP contribution in [0.25, 0.3) is 6.08 Å². The fourth-order valence-electron chi connectivity index (χ4n) is 1.30. The molecular weight excluding hydrogens is 144 g/mol. The Balaban J connectivity index is 3.21. The van der Waals surface area contributed by atoms with Gasteiger partial charge in [0.1, 0.15) is 0 Å². The summed E-state index contributed by atoms with van der Waals surface area (Å²) in [5, 5.41) is 0. The Kier molecular flexibility index (Phi) is 2.69. The van der Waals surface area contributed by atoms with Gasteiger partial charge in [-0.15, -0.1) is 0 Å². The van der Waals surface area contributed by atoms with Crippen molar-refractivity contribution in [2.45, 2.75) is 20.8 Å². The molecule has 63 valence electrons. The summed E-state index contributed by atoms with van der Waals surface area (Å²) in [6.45, 7) is 10.1. The molecular formula is C12H15. The summed E-state index contributed by atoms with van der Waals surface area (Å²) >= 11 is 0. The first kappa shape index (κ1) is 9.05. The van der Waals surface area contributed by atoms with Gasteiger partial charge < -0.3 is 0 Å². The van der Waals surface area contributed by atoms with Crippen LogP contribution in [0.5, 0.6) is 0 Å². The Hall–Kier alpha value is -1.04. The fraction of sp³-hybridized carbons (Fsp3) is 0.250. The highest BCUT2D eigenvalue weighted by atomic mass is 14.0. The number of allylic oxidation sites excluding steroid dienone is 1. The molecule has 0 heteroatoms. The Morgan fingerprint density at radius 3 is 2.00 bits per heavy atom. The van der Waals surface area contributed by atoms with Gasteiger partial charge in [0.25, 0.3) is 0 Å². The van der Waals surface area contributed by atoms with Crippen LogP contribution in [-0.4, -0.2) is 0 Å². The first-order chi connectivity index (χ1) is 5.65. The zero-order valence-electron chi connectivity index (χ0n) is 8.02. The Morgan fingerprint density at radius 1 is 1.08 bits per heavy atom. The van der Waals surface area contributed by atoms with Crippen LogP contribution in [0.2, 0.25) is 0 Å².